The Morgan fingerprint density at radius 3 is 2.64 bits per heavy atom. The van der Waals surface area contributed by atoms with Crippen LogP contribution in [-0.4, -0.2) is 21.3 Å². The van der Waals surface area contributed by atoms with Crippen molar-refractivity contribution in [2.24, 2.45) is 0 Å². The molecule has 5 heteroatoms. The van der Waals surface area contributed by atoms with Crippen LogP contribution in [0.2, 0.25) is 0 Å². The van der Waals surface area contributed by atoms with E-state index in [9.17, 15) is 9.18 Å². The minimum absolute atomic E-state index is 0.289. The van der Waals surface area contributed by atoms with E-state index in [0.29, 0.717) is 5.03 Å². The molecule has 0 bridgehead atoms. The van der Waals surface area contributed by atoms with E-state index in [0.717, 1.165) is 0 Å². The molecule has 0 saturated carbocycles. The number of rotatable bonds is 3. The van der Waals surface area contributed by atoms with Gasteiger partial charge in [-0.15, -0.1) is 11.8 Å². The summed E-state index contributed by atoms with van der Waals surface area (Å²) in [6, 6.07) is 2.74. The Bertz CT molecular complexity index is 355. The largest absolute Gasteiger partial charge is 0.478 e. The Labute approximate surface area is 85.4 Å². The van der Waals surface area contributed by atoms with Gasteiger partial charge in [-0.05, 0) is 12.1 Å². The lowest BCUT2D eigenvalue weighted by atomic mass is 10.3. The second-order valence-electron chi connectivity index (χ2n) is 2.96. The van der Waals surface area contributed by atoms with Crippen LogP contribution in [0.3, 0.4) is 0 Å². The molecule has 0 atom stereocenters. The van der Waals surface area contributed by atoms with Gasteiger partial charge in [0.25, 0.3) is 0 Å². The minimum atomic E-state index is -1.30. The third-order valence-corrected chi connectivity index (χ3v) is 2.35. The number of carbonyl (C=O) groups is 1. The zero-order chi connectivity index (χ0) is 10.7. The number of carboxylic acids is 1. The number of aromatic carboxylic acids is 1. The lowest BCUT2D eigenvalue weighted by Gasteiger charge is -2.04. The highest BCUT2D eigenvalue weighted by Crippen LogP contribution is 2.21. The van der Waals surface area contributed by atoms with Gasteiger partial charge in [0.05, 0.1) is 5.03 Å². The number of hydrogen-bond acceptors (Lipinski definition) is 3. The highest BCUT2D eigenvalue weighted by atomic mass is 32.2. The van der Waals surface area contributed by atoms with Crippen molar-refractivity contribution in [1.82, 2.24) is 4.98 Å². The summed E-state index contributed by atoms with van der Waals surface area (Å²) >= 11 is 1.39. The van der Waals surface area contributed by atoms with E-state index in [2.05, 4.69) is 4.98 Å². The molecule has 1 rings (SSSR count). The summed E-state index contributed by atoms with van der Waals surface area (Å²) in [6.07, 6.45) is 0. The fourth-order valence-corrected chi connectivity index (χ4v) is 1.65. The summed E-state index contributed by atoms with van der Waals surface area (Å²) < 4.78 is 13.0. The molecular weight excluding hydrogens is 205 g/mol. The van der Waals surface area contributed by atoms with Crippen LogP contribution < -0.4 is 0 Å². The number of hydrogen-bond donors (Lipinski definition) is 1. The molecule has 0 fully saturated rings. The van der Waals surface area contributed by atoms with Gasteiger partial charge in [0, 0.05) is 5.25 Å². The maximum absolute atomic E-state index is 13.0. The summed E-state index contributed by atoms with van der Waals surface area (Å²) in [6.45, 7) is 3.91. The monoisotopic (exact) mass is 215 g/mol. The fraction of sp³-hybridized carbons (Fsp3) is 0.333. The third kappa shape index (κ3) is 2.70. The number of halogens is 1. The summed E-state index contributed by atoms with van der Waals surface area (Å²) in [5.41, 5.74) is -0.391. The van der Waals surface area contributed by atoms with E-state index in [1.807, 2.05) is 13.8 Å². The SMILES string of the molecule is CC(C)Sc1ccc(C(=O)O)c(F)n1. The van der Waals surface area contributed by atoms with E-state index >= 15 is 0 Å². The molecule has 1 heterocycles. The first-order valence-corrected chi connectivity index (χ1v) is 4.95. The highest BCUT2D eigenvalue weighted by molar-refractivity contribution is 7.99. The van der Waals surface area contributed by atoms with Gasteiger partial charge in [-0.2, -0.15) is 4.39 Å². The van der Waals surface area contributed by atoms with Crippen LogP contribution in [0.25, 0.3) is 0 Å². The van der Waals surface area contributed by atoms with Gasteiger partial charge in [0.15, 0.2) is 0 Å². The molecular formula is C9H10FNO2S. The molecule has 3 nitrogen and oxygen atoms in total. The first-order chi connectivity index (χ1) is 6.50. The average molecular weight is 215 g/mol. The quantitative estimate of drug-likeness (QED) is 0.621. The predicted octanol–water partition coefficient (Wildman–Crippen LogP) is 2.42. The number of aromatic nitrogens is 1. The molecule has 0 spiro atoms. The van der Waals surface area contributed by atoms with Crippen LogP contribution in [0, 0.1) is 5.95 Å². The van der Waals surface area contributed by atoms with Crippen LogP contribution in [0.15, 0.2) is 17.2 Å². The van der Waals surface area contributed by atoms with Gasteiger partial charge in [0.1, 0.15) is 5.56 Å². The molecule has 1 aromatic heterocycles. The molecule has 0 saturated heterocycles. The van der Waals surface area contributed by atoms with Crippen LogP contribution >= 0.6 is 11.8 Å². The first kappa shape index (κ1) is 11.0. The van der Waals surface area contributed by atoms with E-state index in [1.165, 1.54) is 23.9 Å². The number of nitrogens with zero attached hydrogens (tertiary/aromatic N) is 1. The molecule has 0 aromatic carbocycles. The van der Waals surface area contributed by atoms with Crippen molar-refractivity contribution in [3.63, 3.8) is 0 Å². The van der Waals surface area contributed by atoms with E-state index in [-0.39, 0.29) is 5.25 Å². The summed E-state index contributed by atoms with van der Waals surface area (Å²) in [5.74, 6) is -2.22. The van der Waals surface area contributed by atoms with Gasteiger partial charge in [0.2, 0.25) is 5.95 Å². The molecule has 0 aliphatic rings. The Hall–Kier alpha value is -1.10. The average Bonchev–Trinajstić information content (AvgIpc) is 2.01. The maximum atomic E-state index is 13.0. The molecule has 0 aliphatic heterocycles. The van der Waals surface area contributed by atoms with Gasteiger partial charge in [-0.1, -0.05) is 13.8 Å². The van der Waals surface area contributed by atoms with Crippen LogP contribution in [-0.2, 0) is 0 Å². The molecule has 76 valence electrons. The molecule has 0 aliphatic carbocycles. The Kier molecular flexibility index (Phi) is 3.46. The fourth-order valence-electron chi connectivity index (χ4n) is 0.884. The number of carboxylic acid groups (broad SMARTS) is 1. The molecule has 0 radical (unpaired) electrons. The third-order valence-electron chi connectivity index (χ3n) is 1.41. The van der Waals surface area contributed by atoms with Crippen molar-refractivity contribution in [1.29, 1.82) is 0 Å². The normalized spacial score (nSPS) is 10.6. The minimum Gasteiger partial charge on any atom is -0.478 e. The van der Waals surface area contributed by atoms with Crippen molar-refractivity contribution in [2.45, 2.75) is 24.1 Å². The van der Waals surface area contributed by atoms with E-state index < -0.39 is 17.5 Å². The molecule has 1 aromatic rings. The zero-order valence-corrected chi connectivity index (χ0v) is 8.64. The van der Waals surface area contributed by atoms with Crippen molar-refractivity contribution < 1.29 is 14.3 Å². The van der Waals surface area contributed by atoms with E-state index in [1.54, 1.807) is 0 Å². The standard InChI is InChI=1S/C9H10FNO2S/c1-5(2)14-7-4-3-6(9(12)13)8(10)11-7/h3-5H,1-2H3,(H,12,13). The topological polar surface area (TPSA) is 50.2 Å². The molecule has 1 N–H and O–H groups in total. The second kappa shape index (κ2) is 4.41. The highest BCUT2D eigenvalue weighted by Gasteiger charge is 2.12. The van der Waals surface area contributed by atoms with E-state index in [4.69, 9.17) is 5.11 Å². The Morgan fingerprint density at radius 1 is 1.57 bits per heavy atom. The number of thioether (sulfide) groups is 1. The second-order valence-corrected chi connectivity index (χ2v) is 4.56. The van der Waals surface area contributed by atoms with Crippen molar-refractivity contribution in [3.8, 4) is 0 Å². The Balaban J connectivity index is 2.94. The van der Waals surface area contributed by atoms with Gasteiger partial charge < -0.3 is 5.11 Å². The van der Waals surface area contributed by atoms with Crippen LogP contribution in [0.4, 0.5) is 4.39 Å². The molecule has 14 heavy (non-hydrogen) atoms. The van der Waals surface area contributed by atoms with Gasteiger partial charge in [-0.3, -0.25) is 0 Å². The summed E-state index contributed by atoms with van der Waals surface area (Å²) in [5, 5.41) is 9.34. The Morgan fingerprint density at radius 2 is 2.21 bits per heavy atom. The van der Waals surface area contributed by atoms with Crippen molar-refractivity contribution in [3.05, 3.63) is 23.6 Å². The maximum Gasteiger partial charge on any atom is 0.340 e. The molecule has 0 unspecified atom stereocenters. The molecule has 0 amide bonds. The predicted molar refractivity (Wildman–Crippen MR) is 52.1 cm³/mol. The smallest absolute Gasteiger partial charge is 0.340 e. The summed E-state index contributed by atoms with van der Waals surface area (Å²) in [4.78, 5) is 14.0. The summed E-state index contributed by atoms with van der Waals surface area (Å²) in [7, 11) is 0. The van der Waals surface area contributed by atoms with Crippen molar-refractivity contribution >= 4 is 17.7 Å². The number of pyridine rings is 1. The lowest BCUT2D eigenvalue weighted by molar-refractivity contribution is 0.0690. The van der Waals surface area contributed by atoms with Gasteiger partial charge in [-0.25, -0.2) is 9.78 Å². The first-order valence-electron chi connectivity index (χ1n) is 4.07. The van der Waals surface area contributed by atoms with Crippen LogP contribution in [0.1, 0.15) is 24.2 Å². The van der Waals surface area contributed by atoms with Crippen molar-refractivity contribution in [2.75, 3.05) is 0 Å². The van der Waals surface area contributed by atoms with Gasteiger partial charge >= 0.3 is 5.97 Å². The van der Waals surface area contributed by atoms with Crippen LogP contribution in [0.5, 0.6) is 0 Å². The zero-order valence-electron chi connectivity index (χ0n) is 7.82. The lowest BCUT2D eigenvalue weighted by Crippen LogP contribution is -2.03.